The van der Waals surface area contributed by atoms with Gasteiger partial charge in [-0.25, -0.2) is 8.42 Å². The first-order valence-electron chi connectivity index (χ1n) is 6.23. The van der Waals surface area contributed by atoms with Crippen molar-refractivity contribution in [2.24, 2.45) is 0 Å². The van der Waals surface area contributed by atoms with Gasteiger partial charge in [0.1, 0.15) is 5.75 Å². The molecule has 1 saturated carbocycles. The first-order valence-corrected chi connectivity index (χ1v) is 8.46. The molecule has 1 aromatic carbocycles. The van der Waals surface area contributed by atoms with Crippen LogP contribution in [0.2, 0.25) is 0 Å². The molecule has 0 amide bonds. The molecule has 1 aliphatic rings. The summed E-state index contributed by atoms with van der Waals surface area (Å²) in [5.74, 6) is 0.582. The number of methoxy groups -OCH3 is 1. The van der Waals surface area contributed by atoms with Crippen LogP contribution < -0.4 is 4.74 Å². The summed E-state index contributed by atoms with van der Waals surface area (Å²) >= 11 is 3.29. The fourth-order valence-corrected chi connectivity index (χ4v) is 4.37. The van der Waals surface area contributed by atoms with E-state index in [4.69, 9.17) is 10.00 Å². The predicted octanol–water partition coefficient (Wildman–Crippen LogP) is 2.52. The molecule has 0 heterocycles. The molecule has 1 fully saturated rings. The van der Waals surface area contributed by atoms with Gasteiger partial charge in [0.15, 0.2) is 0 Å². The minimum Gasteiger partial charge on any atom is -0.496 e. The Hall–Kier alpha value is -1.10. The lowest BCUT2D eigenvalue weighted by molar-refractivity contribution is 0.407. The van der Waals surface area contributed by atoms with E-state index in [9.17, 15) is 8.42 Å². The molecule has 108 valence electrons. The van der Waals surface area contributed by atoms with Gasteiger partial charge >= 0.3 is 0 Å². The minimum atomic E-state index is -3.56. The van der Waals surface area contributed by atoms with Crippen molar-refractivity contribution in [2.75, 3.05) is 13.7 Å². The second-order valence-corrected chi connectivity index (χ2v) is 7.30. The van der Waals surface area contributed by atoms with E-state index >= 15 is 0 Å². The van der Waals surface area contributed by atoms with Gasteiger partial charge in [-0.15, -0.1) is 0 Å². The Morgan fingerprint density at radius 2 is 2.20 bits per heavy atom. The molecule has 0 spiro atoms. The van der Waals surface area contributed by atoms with E-state index in [1.54, 1.807) is 6.07 Å². The SMILES string of the molecule is COc1ccc(S(=O)(=O)N(CCC#N)C2CC2)cc1Br. The van der Waals surface area contributed by atoms with Crippen molar-refractivity contribution < 1.29 is 13.2 Å². The summed E-state index contributed by atoms with van der Waals surface area (Å²) in [6.45, 7) is 0.243. The van der Waals surface area contributed by atoms with E-state index in [1.807, 2.05) is 6.07 Å². The Kier molecular flexibility index (Phi) is 4.68. The second kappa shape index (κ2) is 6.12. The Balaban J connectivity index is 2.32. The highest BCUT2D eigenvalue weighted by molar-refractivity contribution is 9.10. The maximum Gasteiger partial charge on any atom is 0.243 e. The number of nitrogens with zero attached hydrogens (tertiary/aromatic N) is 2. The van der Waals surface area contributed by atoms with Crippen LogP contribution in [0.15, 0.2) is 27.6 Å². The Labute approximate surface area is 127 Å². The zero-order valence-corrected chi connectivity index (χ0v) is 13.4. The van der Waals surface area contributed by atoms with Crippen LogP contribution in [0.5, 0.6) is 5.75 Å². The van der Waals surface area contributed by atoms with Gasteiger partial charge in [-0.3, -0.25) is 0 Å². The molecule has 1 aromatic rings. The van der Waals surface area contributed by atoms with E-state index < -0.39 is 10.0 Å². The zero-order chi connectivity index (χ0) is 14.8. The second-order valence-electron chi connectivity index (χ2n) is 4.55. The number of sulfonamides is 1. The molecule has 0 unspecified atom stereocenters. The molecule has 0 radical (unpaired) electrons. The lowest BCUT2D eigenvalue weighted by Crippen LogP contribution is -2.34. The standard InChI is InChI=1S/C13H15BrN2O3S/c1-19-13-6-5-11(9-12(13)14)20(17,18)16(8-2-7-15)10-3-4-10/h5-6,9-10H,2-4,8H2,1H3. The van der Waals surface area contributed by atoms with Crippen molar-refractivity contribution >= 4 is 26.0 Å². The largest absolute Gasteiger partial charge is 0.496 e. The summed E-state index contributed by atoms with van der Waals surface area (Å²) in [5, 5.41) is 8.67. The molecule has 2 rings (SSSR count). The number of benzene rings is 1. The van der Waals surface area contributed by atoms with Crippen LogP contribution >= 0.6 is 15.9 Å². The van der Waals surface area contributed by atoms with Crippen LogP contribution in [-0.4, -0.2) is 32.4 Å². The molecule has 0 aromatic heterocycles. The number of halogens is 1. The summed E-state index contributed by atoms with van der Waals surface area (Å²) in [6.07, 6.45) is 1.93. The van der Waals surface area contributed by atoms with Crippen molar-refractivity contribution in [1.82, 2.24) is 4.31 Å². The maximum atomic E-state index is 12.6. The van der Waals surface area contributed by atoms with Crippen LogP contribution in [0.4, 0.5) is 0 Å². The van der Waals surface area contributed by atoms with E-state index in [0.717, 1.165) is 12.8 Å². The summed E-state index contributed by atoms with van der Waals surface area (Å²) < 4.78 is 32.4. The topological polar surface area (TPSA) is 70.4 Å². The van der Waals surface area contributed by atoms with Crippen molar-refractivity contribution in [3.63, 3.8) is 0 Å². The monoisotopic (exact) mass is 358 g/mol. The zero-order valence-electron chi connectivity index (χ0n) is 11.0. The van der Waals surface area contributed by atoms with Gasteiger partial charge in [0.2, 0.25) is 10.0 Å². The highest BCUT2D eigenvalue weighted by Gasteiger charge is 2.37. The highest BCUT2D eigenvalue weighted by Crippen LogP contribution is 2.34. The molecule has 0 bridgehead atoms. The highest BCUT2D eigenvalue weighted by atomic mass is 79.9. The van der Waals surface area contributed by atoms with Gasteiger partial charge in [-0.2, -0.15) is 9.57 Å². The molecular weight excluding hydrogens is 344 g/mol. The smallest absolute Gasteiger partial charge is 0.243 e. The van der Waals surface area contributed by atoms with Gasteiger partial charge in [-0.1, -0.05) is 0 Å². The lowest BCUT2D eigenvalue weighted by atomic mass is 10.3. The minimum absolute atomic E-state index is 0.0363. The van der Waals surface area contributed by atoms with Gasteiger partial charge < -0.3 is 4.74 Å². The number of ether oxygens (including phenoxy) is 1. The van der Waals surface area contributed by atoms with Crippen molar-refractivity contribution in [3.8, 4) is 11.8 Å². The fourth-order valence-electron chi connectivity index (χ4n) is 1.96. The lowest BCUT2D eigenvalue weighted by Gasteiger charge is -2.21. The molecule has 0 atom stereocenters. The first-order chi connectivity index (χ1) is 9.50. The van der Waals surface area contributed by atoms with Crippen molar-refractivity contribution in [3.05, 3.63) is 22.7 Å². The molecular formula is C13H15BrN2O3S. The van der Waals surface area contributed by atoms with E-state index in [-0.39, 0.29) is 23.9 Å². The third kappa shape index (κ3) is 3.14. The third-order valence-electron chi connectivity index (χ3n) is 3.13. The Morgan fingerprint density at radius 3 is 2.70 bits per heavy atom. The molecule has 1 aliphatic carbocycles. The predicted molar refractivity (Wildman–Crippen MR) is 77.8 cm³/mol. The average Bonchev–Trinajstić information content (AvgIpc) is 3.23. The number of hydrogen-bond donors (Lipinski definition) is 0. The van der Waals surface area contributed by atoms with E-state index in [0.29, 0.717) is 10.2 Å². The molecule has 5 nitrogen and oxygen atoms in total. The Bertz CT molecular complexity index is 636. The van der Waals surface area contributed by atoms with Gasteiger partial charge in [0.25, 0.3) is 0 Å². The van der Waals surface area contributed by atoms with E-state index in [2.05, 4.69) is 15.9 Å². The molecule has 0 N–H and O–H groups in total. The van der Waals surface area contributed by atoms with Crippen LogP contribution in [0.1, 0.15) is 19.3 Å². The summed E-state index contributed by atoms with van der Waals surface area (Å²) in [6, 6.07) is 6.72. The third-order valence-corrected chi connectivity index (χ3v) is 5.70. The maximum absolute atomic E-state index is 12.6. The number of rotatable bonds is 6. The van der Waals surface area contributed by atoms with Gasteiger partial charge in [0.05, 0.1) is 22.5 Å². The fraction of sp³-hybridized carbons (Fsp3) is 0.462. The molecule has 7 heteroatoms. The Morgan fingerprint density at radius 1 is 1.50 bits per heavy atom. The normalized spacial score (nSPS) is 15.1. The molecule has 0 saturated heterocycles. The van der Waals surface area contributed by atoms with Crippen LogP contribution in [0.3, 0.4) is 0 Å². The summed E-state index contributed by atoms with van der Waals surface area (Å²) in [4.78, 5) is 0.218. The van der Waals surface area contributed by atoms with Crippen LogP contribution in [-0.2, 0) is 10.0 Å². The van der Waals surface area contributed by atoms with Gasteiger partial charge in [0, 0.05) is 19.0 Å². The average molecular weight is 359 g/mol. The summed E-state index contributed by atoms with van der Waals surface area (Å²) in [5.41, 5.74) is 0. The van der Waals surface area contributed by atoms with Crippen LogP contribution in [0, 0.1) is 11.3 Å². The van der Waals surface area contributed by atoms with Crippen LogP contribution in [0.25, 0.3) is 0 Å². The molecule has 20 heavy (non-hydrogen) atoms. The van der Waals surface area contributed by atoms with Gasteiger partial charge in [-0.05, 0) is 47.0 Å². The van der Waals surface area contributed by atoms with Crippen molar-refractivity contribution in [1.29, 1.82) is 5.26 Å². The van der Waals surface area contributed by atoms with E-state index in [1.165, 1.54) is 23.5 Å². The number of nitriles is 1. The first kappa shape index (κ1) is 15.3. The number of hydrogen-bond acceptors (Lipinski definition) is 4. The summed E-state index contributed by atoms with van der Waals surface area (Å²) in [7, 11) is -2.04. The molecule has 0 aliphatic heterocycles. The quantitative estimate of drug-likeness (QED) is 0.783. The van der Waals surface area contributed by atoms with Crippen molar-refractivity contribution in [2.45, 2.75) is 30.2 Å².